The van der Waals surface area contributed by atoms with Gasteiger partial charge in [0.1, 0.15) is 5.60 Å². The fraction of sp³-hybridized carbons (Fsp3) is 0.381. The highest BCUT2D eigenvalue weighted by Gasteiger charge is 2.44. The molecule has 1 N–H and O–H groups in total. The lowest BCUT2D eigenvalue weighted by Gasteiger charge is -2.42. The third-order valence-electron chi connectivity index (χ3n) is 11.2. The zero-order valence-corrected chi connectivity index (χ0v) is 31.4. The molecule has 0 atom stereocenters. The van der Waals surface area contributed by atoms with Crippen molar-refractivity contribution in [2.75, 3.05) is 40.3 Å². The first-order chi connectivity index (χ1) is 23.6. The van der Waals surface area contributed by atoms with E-state index in [1.165, 1.54) is 27.8 Å². The van der Waals surface area contributed by atoms with Gasteiger partial charge in [-0.2, -0.15) is 0 Å². The molecule has 4 aromatic carbocycles. The van der Waals surface area contributed by atoms with Gasteiger partial charge in [0, 0.05) is 33.2 Å². The first kappa shape index (κ1) is 35.1. The van der Waals surface area contributed by atoms with E-state index < -0.39 is 5.60 Å². The van der Waals surface area contributed by atoms with Crippen LogP contribution < -0.4 is 0 Å². The van der Waals surface area contributed by atoms with Crippen molar-refractivity contribution >= 4 is 52.0 Å². The number of piperidine rings is 2. The van der Waals surface area contributed by atoms with E-state index in [1.807, 2.05) is 48.5 Å². The quantitative estimate of drug-likeness (QED) is 0.211. The first-order valence-electron chi connectivity index (χ1n) is 17.6. The van der Waals surface area contributed by atoms with Crippen molar-refractivity contribution < 1.29 is 5.11 Å². The van der Waals surface area contributed by atoms with Gasteiger partial charge in [-0.1, -0.05) is 76.2 Å². The van der Waals surface area contributed by atoms with E-state index in [9.17, 15) is 5.11 Å². The molecule has 2 aliphatic heterocycles. The molecular weight excluding hydrogens is 690 g/mol. The summed E-state index contributed by atoms with van der Waals surface area (Å²) >= 11 is 25.1. The summed E-state index contributed by atoms with van der Waals surface area (Å²) in [5, 5.41) is 15.3. The van der Waals surface area contributed by atoms with Gasteiger partial charge in [0.05, 0.1) is 0 Å². The molecule has 8 rings (SSSR count). The fourth-order valence-corrected chi connectivity index (χ4v) is 9.30. The molecule has 256 valence electrons. The largest absolute Gasteiger partial charge is 0.380 e. The van der Waals surface area contributed by atoms with Gasteiger partial charge in [-0.25, -0.2) is 0 Å². The number of aryl methyl sites for hydroxylation is 4. The van der Waals surface area contributed by atoms with Gasteiger partial charge in [0.25, 0.3) is 0 Å². The van der Waals surface area contributed by atoms with Gasteiger partial charge in [-0.3, -0.25) is 0 Å². The van der Waals surface area contributed by atoms with Crippen molar-refractivity contribution in [3.05, 3.63) is 143 Å². The van der Waals surface area contributed by atoms with Crippen LogP contribution >= 0.6 is 46.4 Å². The number of fused-ring (bicyclic) bond motifs is 4. The van der Waals surface area contributed by atoms with Gasteiger partial charge in [-0.05, 0) is 183 Å². The summed E-state index contributed by atoms with van der Waals surface area (Å²) in [6.07, 6.45) is 8.01. The summed E-state index contributed by atoms with van der Waals surface area (Å²) in [5.74, 6) is 0.196. The van der Waals surface area contributed by atoms with Crippen LogP contribution in [-0.4, -0.2) is 55.2 Å². The molecule has 0 unspecified atom stereocenters. The number of likely N-dealkylation sites (tertiary alicyclic amines) is 2. The van der Waals surface area contributed by atoms with Gasteiger partial charge in [-0.15, -0.1) is 0 Å². The average molecular weight is 735 g/mol. The van der Waals surface area contributed by atoms with Crippen LogP contribution in [0.3, 0.4) is 0 Å². The Hall–Kier alpha value is -2.34. The summed E-state index contributed by atoms with van der Waals surface area (Å²) in [7, 11) is 4.35. The van der Waals surface area contributed by atoms with E-state index in [0.29, 0.717) is 0 Å². The molecule has 0 aromatic heterocycles. The van der Waals surface area contributed by atoms with E-state index in [-0.39, 0.29) is 5.92 Å². The first-order valence-corrected chi connectivity index (χ1v) is 19.1. The highest BCUT2D eigenvalue weighted by atomic mass is 35.5. The van der Waals surface area contributed by atoms with Crippen LogP contribution in [-0.2, 0) is 31.3 Å². The topological polar surface area (TPSA) is 26.7 Å². The number of benzene rings is 4. The van der Waals surface area contributed by atoms with Crippen LogP contribution in [0.5, 0.6) is 0 Å². The van der Waals surface area contributed by atoms with E-state index >= 15 is 0 Å². The summed E-state index contributed by atoms with van der Waals surface area (Å²) in [6, 6.07) is 24.6. The Morgan fingerprint density at radius 3 is 1.39 bits per heavy atom. The molecule has 0 amide bonds. The minimum absolute atomic E-state index is 0.196. The number of halogens is 4. The lowest BCUT2D eigenvalue weighted by Crippen LogP contribution is -2.43. The Morgan fingerprint density at radius 2 is 0.918 bits per heavy atom. The second-order valence-corrected chi connectivity index (χ2v) is 16.1. The molecule has 0 saturated carbocycles. The molecule has 2 saturated heterocycles. The molecule has 4 aromatic rings. The number of rotatable bonds is 1. The Kier molecular flexibility index (Phi) is 10.5. The van der Waals surface area contributed by atoms with E-state index in [0.717, 1.165) is 120 Å². The normalized spacial score (nSPS) is 19.4. The summed E-state index contributed by atoms with van der Waals surface area (Å²) < 4.78 is 0. The molecule has 0 bridgehead atoms. The lowest BCUT2D eigenvalue weighted by atomic mass is 9.70. The number of nitrogens with zero attached hydrogens (tertiary/aromatic N) is 2. The highest BCUT2D eigenvalue weighted by molar-refractivity contribution is 6.31. The van der Waals surface area contributed by atoms with Crippen LogP contribution in [0.1, 0.15) is 70.2 Å². The smallest absolute Gasteiger partial charge is 0.118 e. The molecular formula is C42H44Cl4N2O. The molecule has 2 aliphatic carbocycles. The van der Waals surface area contributed by atoms with Gasteiger partial charge >= 0.3 is 0 Å². The van der Waals surface area contributed by atoms with Crippen molar-refractivity contribution in [3.63, 3.8) is 0 Å². The van der Waals surface area contributed by atoms with Crippen LogP contribution in [0.25, 0.3) is 5.57 Å². The molecule has 2 heterocycles. The third-order valence-corrected chi connectivity index (χ3v) is 12.2. The average Bonchev–Trinajstić information content (AvgIpc) is 3.31. The monoisotopic (exact) mass is 732 g/mol. The van der Waals surface area contributed by atoms with Crippen molar-refractivity contribution in [1.82, 2.24) is 9.80 Å². The van der Waals surface area contributed by atoms with Crippen LogP contribution in [0.4, 0.5) is 0 Å². The zero-order chi connectivity index (χ0) is 34.3. The summed E-state index contributed by atoms with van der Waals surface area (Å²) in [5.41, 5.74) is 11.8. The molecule has 0 spiro atoms. The standard InChI is InChI=1S/C21H23Cl2NO.C21H21Cl2N/c1-24-10-8-16(9-11-24)21(25)19-6-4-17(22)12-14(19)2-3-15-13-18(23)5-7-20(15)21;1-24-10-8-14(9-11-24)21-19-6-4-17(22)12-15(19)2-3-16-13-18(23)5-7-20(16)21/h4-7,12-13,16,25H,2-3,8-11H2,1H3;4-7,12-13H,2-3,8-11H2,1H3. The minimum atomic E-state index is -0.975. The number of hydrogen-bond acceptors (Lipinski definition) is 3. The molecule has 3 nitrogen and oxygen atoms in total. The van der Waals surface area contributed by atoms with Gasteiger partial charge in [0.15, 0.2) is 0 Å². The second-order valence-electron chi connectivity index (χ2n) is 14.3. The second kappa shape index (κ2) is 14.7. The van der Waals surface area contributed by atoms with Crippen molar-refractivity contribution in [3.8, 4) is 0 Å². The highest BCUT2D eigenvalue weighted by Crippen LogP contribution is 2.47. The van der Waals surface area contributed by atoms with Crippen LogP contribution in [0, 0.1) is 5.92 Å². The summed E-state index contributed by atoms with van der Waals surface area (Å²) in [4.78, 5) is 4.74. The maximum Gasteiger partial charge on any atom is 0.118 e. The van der Waals surface area contributed by atoms with Gasteiger partial charge < -0.3 is 14.9 Å². The lowest BCUT2D eigenvalue weighted by molar-refractivity contribution is -0.0113. The molecule has 0 radical (unpaired) electrons. The third kappa shape index (κ3) is 7.24. The predicted molar refractivity (Wildman–Crippen MR) is 207 cm³/mol. The molecule has 2 fully saturated rings. The predicted octanol–water partition coefficient (Wildman–Crippen LogP) is 10.3. The Morgan fingerprint density at radius 1 is 0.531 bits per heavy atom. The van der Waals surface area contributed by atoms with Crippen molar-refractivity contribution in [1.29, 1.82) is 0 Å². The fourth-order valence-electron chi connectivity index (χ4n) is 8.52. The SMILES string of the molecule is CN1CCC(=C2c3ccc(Cl)cc3CCc3cc(Cl)ccc32)CC1.CN1CCC(C2(O)c3ccc(Cl)cc3CCc3cc(Cl)ccc32)CC1. The Balaban J connectivity index is 0.000000154. The maximum atomic E-state index is 12.1. The molecule has 49 heavy (non-hydrogen) atoms. The summed E-state index contributed by atoms with van der Waals surface area (Å²) in [6.45, 7) is 4.28. The molecule has 4 aliphatic rings. The van der Waals surface area contributed by atoms with Gasteiger partial charge in [0.2, 0.25) is 0 Å². The Labute approximate surface area is 311 Å². The zero-order valence-electron chi connectivity index (χ0n) is 28.3. The van der Waals surface area contributed by atoms with Crippen molar-refractivity contribution in [2.24, 2.45) is 5.92 Å². The number of hydrogen-bond donors (Lipinski definition) is 1. The van der Waals surface area contributed by atoms with E-state index in [2.05, 4.69) is 48.2 Å². The van der Waals surface area contributed by atoms with Crippen molar-refractivity contribution in [2.45, 2.75) is 57.0 Å². The van der Waals surface area contributed by atoms with E-state index in [4.69, 9.17) is 46.4 Å². The Bertz CT molecular complexity index is 1780. The molecule has 7 heteroatoms. The van der Waals surface area contributed by atoms with Crippen LogP contribution in [0.15, 0.2) is 78.4 Å². The van der Waals surface area contributed by atoms with Crippen LogP contribution in [0.2, 0.25) is 20.1 Å². The number of aliphatic hydroxyl groups is 1. The van der Waals surface area contributed by atoms with E-state index in [1.54, 1.807) is 5.57 Å². The minimum Gasteiger partial charge on any atom is -0.380 e. The maximum absolute atomic E-state index is 12.1.